The first-order chi connectivity index (χ1) is 14.1. The van der Waals surface area contributed by atoms with E-state index in [1.165, 1.54) is 18.4 Å². The quantitative estimate of drug-likeness (QED) is 0.583. The number of amides is 3. The Labute approximate surface area is 180 Å². The van der Waals surface area contributed by atoms with Crippen molar-refractivity contribution in [2.75, 3.05) is 19.0 Å². The first kappa shape index (κ1) is 21.0. The molecule has 3 amide bonds. The number of ether oxygens (including phenoxy) is 1. The molecule has 1 aromatic rings. The zero-order chi connectivity index (χ0) is 21.8. The molecule has 162 valence electrons. The molecule has 2 heterocycles. The number of rotatable bonds is 4. The molecule has 1 aromatic heterocycles. The van der Waals surface area contributed by atoms with E-state index >= 15 is 0 Å². The van der Waals surface area contributed by atoms with Gasteiger partial charge in [0.05, 0.1) is 18.1 Å². The summed E-state index contributed by atoms with van der Waals surface area (Å²) in [4.78, 5) is 53.5. The molecule has 1 aliphatic heterocycles. The number of nitrogens with zero attached hydrogens (tertiary/aromatic N) is 1. The third-order valence-electron chi connectivity index (χ3n) is 7.62. The smallest absolute Gasteiger partial charge is 0.341 e. The minimum absolute atomic E-state index is 0.257. The zero-order valence-corrected chi connectivity index (χ0v) is 18.7. The number of fused-ring (bicyclic) bond motifs is 3. The third-order valence-corrected chi connectivity index (χ3v) is 8.83. The van der Waals surface area contributed by atoms with Gasteiger partial charge in [-0.05, 0) is 49.5 Å². The van der Waals surface area contributed by atoms with Crippen molar-refractivity contribution in [3.63, 3.8) is 0 Å². The summed E-state index contributed by atoms with van der Waals surface area (Å²) < 4.78 is 4.94. The molecule has 2 aliphatic carbocycles. The van der Waals surface area contributed by atoms with Gasteiger partial charge >= 0.3 is 5.97 Å². The Morgan fingerprint density at radius 3 is 2.60 bits per heavy atom. The van der Waals surface area contributed by atoms with E-state index in [2.05, 4.69) is 5.32 Å². The van der Waals surface area contributed by atoms with Gasteiger partial charge < -0.3 is 10.1 Å². The Morgan fingerprint density at radius 1 is 1.20 bits per heavy atom. The van der Waals surface area contributed by atoms with Crippen molar-refractivity contribution in [1.82, 2.24) is 4.90 Å². The summed E-state index contributed by atoms with van der Waals surface area (Å²) in [5.41, 5.74) is 0.296. The molecule has 3 aliphatic rings. The van der Waals surface area contributed by atoms with Crippen LogP contribution in [-0.4, -0.2) is 42.2 Å². The molecule has 0 aromatic carbocycles. The lowest BCUT2D eigenvalue weighted by Gasteiger charge is -2.47. The van der Waals surface area contributed by atoms with E-state index in [0.717, 1.165) is 41.0 Å². The van der Waals surface area contributed by atoms with Crippen LogP contribution in [0.4, 0.5) is 5.00 Å². The number of aryl methyl sites for hydroxylation is 1. The number of likely N-dealkylation sites (tertiary alicyclic amines) is 1. The van der Waals surface area contributed by atoms with Crippen molar-refractivity contribution in [3.8, 4) is 0 Å². The molecule has 2 bridgehead atoms. The number of carbonyl (C=O) groups excluding carboxylic acids is 4. The average Bonchev–Trinajstić information content (AvgIpc) is 3.15. The Bertz CT molecular complexity index is 950. The van der Waals surface area contributed by atoms with Crippen LogP contribution in [0, 0.1) is 16.7 Å². The van der Waals surface area contributed by atoms with Crippen molar-refractivity contribution < 1.29 is 23.9 Å². The maximum atomic E-state index is 13.2. The summed E-state index contributed by atoms with van der Waals surface area (Å²) >= 11 is 1.39. The topological polar surface area (TPSA) is 92.8 Å². The molecule has 2 fully saturated rings. The van der Waals surface area contributed by atoms with E-state index in [-0.39, 0.29) is 24.3 Å². The van der Waals surface area contributed by atoms with Gasteiger partial charge in [0, 0.05) is 10.8 Å². The van der Waals surface area contributed by atoms with Crippen molar-refractivity contribution in [2.45, 2.75) is 59.3 Å². The van der Waals surface area contributed by atoms with Crippen LogP contribution in [0.25, 0.3) is 0 Å². The average molecular weight is 433 g/mol. The van der Waals surface area contributed by atoms with Crippen LogP contribution in [0.2, 0.25) is 0 Å². The second kappa shape index (κ2) is 7.18. The van der Waals surface area contributed by atoms with Gasteiger partial charge in [-0.2, -0.15) is 0 Å². The second-order valence-corrected chi connectivity index (χ2v) is 10.4. The van der Waals surface area contributed by atoms with Gasteiger partial charge in [0.1, 0.15) is 11.5 Å². The van der Waals surface area contributed by atoms with Crippen molar-refractivity contribution >= 4 is 40.0 Å². The van der Waals surface area contributed by atoms with Gasteiger partial charge in [-0.3, -0.25) is 19.3 Å². The summed E-state index contributed by atoms with van der Waals surface area (Å²) in [5, 5.41) is 3.24. The number of hydrogen-bond acceptors (Lipinski definition) is 6. The number of nitrogens with one attached hydrogen (secondary N) is 1. The molecule has 7 nitrogen and oxygen atoms in total. The van der Waals surface area contributed by atoms with Gasteiger partial charge in [0.25, 0.3) is 0 Å². The molecule has 8 heteroatoms. The number of esters is 1. The summed E-state index contributed by atoms with van der Waals surface area (Å²) in [6.45, 7) is 5.51. The SMILES string of the molecule is COC(=O)c1c(NC(=O)CN2C(=O)C3CCC(C)(C2=O)C3(C)C)sc2c1CCCC2. The Morgan fingerprint density at radius 2 is 1.90 bits per heavy atom. The standard InChI is InChI=1S/C22H28N2O5S/c1-21(2)13-9-10-22(21,3)20(28)24(18(13)26)11-15(25)23-17-16(19(27)29-4)12-7-5-6-8-14(12)30-17/h13H,5-11H2,1-4H3,(H,23,25). The maximum absolute atomic E-state index is 13.2. The highest BCUT2D eigenvalue weighted by Gasteiger charge is 2.64. The first-order valence-corrected chi connectivity index (χ1v) is 11.3. The van der Waals surface area contributed by atoms with Crippen LogP contribution < -0.4 is 5.32 Å². The van der Waals surface area contributed by atoms with E-state index in [0.29, 0.717) is 23.4 Å². The monoisotopic (exact) mass is 432 g/mol. The van der Waals surface area contributed by atoms with Crippen LogP contribution in [0.15, 0.2) is 0 Å². The number of hydrogen-bond donors (Lipinski definition) is 1. The summed E-state index contributed by atoms with van der Waals surface area (Å²) in [5.74, 6) is -1.74. The third kappa shape index (κ3) is 2.91. The van der Waals surface area contributed by atoms with Crippen LogP contribution in [-0.2, 0) is 32.0 Å². The second-order valence-electron chi connectivity index (χ2n) is 9.33. The fourth-order valence-electron chi connectivity index (χ4n) is 5.33. The fraction of sp³-hybridized carbons (Fsp3) is 0.636. The van der Waals surface area contributed by atoms with E-state index in [1.807, 2.05) is 20.8 Å². The Balaban J connectivity index is 1.56. The normalized spacial score (nSPS) is 27.1. The van der Waals surface area contributed by atoms with Gasteiger partial charge in [-0.1, -0.05) is 20.8 Å². The van der Waals surface area contributed by atoms with Crippen LogP contribution >= 0.6 is 11.3 Å². The molecule has 30 heavy (non-hydrogen) atoms. The Hall–Kier alpha value is -2.22. The number of carbonyl (C=O) groups is 4. The number of anilines is 1. The van der Waals surface area contributed by atoms with Crippen LogP contribution in [0.1, 0.15) is 67.3 Å². The summed E-state index contributed by atoms with van der Waals surface area (Å²) in [7, 11) is 1.32. The molecule has 2 atom stereocenters. The lowest BCUT2D eigenvalue weighted by Crippen LogP contribution is -2.60. The van der Waals surface area contributed by atoms with E-state index in [1.54, 1.807) is 0 Å². The van der Waals surface area contributed by atoms with Crippen molar-refractivity contribution in [1.29, 1.82) is 0 Å². The summed E-state index contributed by atoms with van der Waals surface area (Å²) in [6.07, 6.45) is 5.01. The van der Waals surface area contributed by atoms with Gasteiger partial charge in [0.2, 0.25) is 17.7 Å². The fourth-order valence-corrected chi connectivity index (χ4v) is 6.63. The predicted octanol–water partition coefficient (Wildman–Crippen LogP) is 3.16. The maximum Gasteiger partial charge on any atom is 0.341 e. The highest BCUT2D eigenvalue weighted by Crippen LogP contribution is 2.60. The summed E-state index contributed by atoms with van der Waals surface area (Å²) in [6, 6.07) is 0. The number of piperidine rings is 1. The predicted molar refractivity (Wildman–Crippen MR) is 112 cm³/mol. The van der Waals surface area contributed by atoms with Gasteiger partial charge in [-0.15, -0.1) is 11.3 Å². The van der Waals surface area contributed by atoms with Crippen molar-refractivity contribution in [3.05, 3.63) is 16.0 Å². The zero-order valence-electron chi connectivity index (χ0n) is 17.9. The number of imide groups is 1. The number of methoxy groups -OCH3 is 1. The van der Waals surface area contributed by atoms with Crippen LogP contribution in [0.3, 0.4) is 0 Å². The molecule has 1 saturated heterocycles. The van der Waals surface area contributed by atoms with E-state index in [9.17, 15) is 19.2 Å². The number of thiophene rings is 1. The molecular weight excluding hydrogens is 404 g/mol. The minimum atomic E-state index is -0.648. The molecule has 2 unspecified atom stereocenters. The molecule has 0 spiro atoms. The van der Waals surface area contributed by atoms with Gasteiger partial charge in [0.15, 0.2) is 0 Å². The Kier molecular flexibility index (Phi) is 5.03. The highest BCUT2D eigenvalue weighted by atomic mass is 32.1. The largest absolute Gasteiger partial charge is 0.465 e. The van der Waals surface area contributed by atoms with Gasteiger partial charge in [-0.25, -0.2) is 4.79 Å². The lowest BCUT2D eigenvalue weighted by molar-refractivity contribution is -0.168. The van der Waals surface area contributed by atoms with Crippen molar-refractivity contribution in [2.24, 2.45) is 16.7 Å². The molecule has 0 radical (unpaired) electrons. The molecule has 4 rings (SSSR count). The van der Waals surface area contributed by atoms with E-state index < -0.39 is 22.7 Å². The van der Waals surface area contributed by atoms with E-state index in [4.69, 9.17) is 4.74 Å². The molecular formula is C22H28N2O5S. The molecule has 1 saturated carbocycles. The lowest BCUT2D eigenvalue weighted by atomic mass is 9.62. The first-order valence-electron chi connectivity index (χ1n) is 10.5. The van der Waals surface area contributed by atoms with Crippen LogP contribution in [0.5, 0.6) is 0 Å². The minimum Gasteiger partial charge on any atom is -0.465 e. The molecule has 1 N–H and O–H groups in total. The highest BCUT2D eigenvalue weighted by molar-refractivity contribution is 7.17.